The van der Waals surface area contributed by atoms with Crippen LogP contribution >= 0.6 is 0 Å². The van der Waals surface area contributed by atoms with Gasteiger partial charge in [0, 0.05) is 11.5 Å². The average molecular weight is 293 g/mol. The quantitative estimate of drug-likeness (QED) is 0.480. The largest absolute Gasteiger partial charge is 0.183 e. The second-order valence-corrected chi connectivity index (χ2v) is 6.55. The van der Waals surface area contributed by atoms with E-state index in [-0.39, 0.29) is 0 Å². The second-order valence-electron chi connectivity index (χ2n) is 6.55. The van der Waals surface area contributed by atoms with Gasteiger partial charge in [-0.05, 0) is 55.2 Å². The SMILES string of the molecule is CCCCCCC1CCC(c2ccc(C#CC#N)cc2)CC1. The Hall–Kier alpha value is -1.73. The summed E-state index contributed by atoms with van der Waals surface area (Å²) in [5.74, 6) is 7.00. The van der Waals surface area contributed by atoms with Gasteiger partial charge in [0.05, 0.1) is 0 Å². The van der Waals surface area contributed by atoms with Crippen LogP contribution in [0, 0.1) is 29.1 Å². The molecule has 1 heteroatoms. The maximum Gasteiger partial charge on any atom is 0.152 e. The van der Waals surface area contributed by atoms with Gasteiger partial charge in [-0.1, -0.05) is 57.1 Å². The number of unbranched alkanes of at least 4 members (excludes halogenated alkanes) is 3. The highest BCUT2D eigenvalue weighted by Crippen LogP contribution is 2.37. The van der Waals surface area contributed by atoms with Crippen molar-refractivity contribution in [3.05, 3.63) is 35.4 Å². The summed E-state index contributed by atoms with van der Waals surface area (Å²) in [6.45, 7) is 2.28. The van der Waals surface area contributed by atoms with Crippen molar-refractivity contribution >= 4 is 0 Å². The third-order valence-corrected chi connectivity index (χ3v) is 4.96. The van der Waals surface area contributed by atoms with Crippen LogP contribution in [-0.4, -0.2) is 0 Å². The van der Waals surface area contributed by atoms with Gasteiger partial charge in [0.2, 0.25) is 0 Å². The molecule has 1 saturated carbocycles. The molecule has 1 fully saturated rings. The van der Waals surface area contributed by atoms with Crippen LogP contribution in [0.15, 0.2) is 24.3 Å². The molecule has 1 aromatic rings. The second kappa shape index (κ2) is 9.32. The van der Waals surface area contributed by atoms with Gasteiger partial charge in [0.15, 0.2) is 6.07 Å². The van der Waals surface area contributed by atoms with E-state index in [0.29, 0.717) is 0 Å². The molecular weight excluding hydrogens is 266 g/mol. The molecule has 0 atom stereocenters. The summed E-state index contributed by atoms with van der Waals surface area (Å²) in [7, 11) is 0. The van der Waals surface area contributed by atoms with Crippen LogP contribution in [0.4, 0.5) is 0 Å². The Balaban J connectivity index is 1.78. The minimum absolute atomic E-state index is 0.727. The summed E-state index contributed by atoms with van der Waals surface area (Å²) in [5, 5.41) is 8.48. The Labute approximate surface area is 135 Å². The smallest absolute Gasteiger partial charge is 0.152 e. The zero-order chi connectivity index (χ0) is 15.6. The van der Waals surface area contributed by atoms with Crippen molar-refractivity contribution in [3.8, 4) is 17.9 Å². The van der Waals surface area contributed by atoms with Gasteiger partial charge < -0.3 is 0 Å². The van der Waals surface area contributed by atoms with Gasteiger partial charge in [-0.2, -0.15) is 5.26 Å². The highest BCUT2D eigenvalue weighted by molar-refractivity contribution is 5.39. The van der Waals surface area contributed by atoms with Gasteiger partial charge in [0.25, 0.3) is 0 Å². The molecule has 1 aromatic carbocycles. The lowest BCUT2D eigenvalue weighted by atomic mass is 9.77. The summed E-state index contributed by atoms with van der Waals surface area (Å²) in [6, 6.07) is 10.4. The Morgan fingerprint density at radius 2 is 1.73 bits per heavy atom. The topological polar surface area (TPSA) is 23.8 Å². The van der Waals surface area contributed by atoms with E-state index in [1.165, 1.54) is 63.4 Å². The lowest BCUT2D eigenvalue weighted by Crippen LogP contribution is -2.13. The van der Waals surface area contributed by atoms with Crippen molar-refractivity contribution in [2.75, 3.05) is 0 Å². The Bertz CT molecular complexity index is 530. The molecule has 0 N–H and O–H groups in total. The molecule has 1 nitrogen and oxygen atoms in total. The van der Waals surface area contributed by atoms with Crippen LogP contribution in [-0.2, 0) is 0 Å². The molecule has 1 aliphatic carbocycles. The molecule has 116 valence electrons. The molecule has 0 aliphatic heterocycles. The van der Waals surface area contributed by atoms with Crippen LogP contribution in [0.5, 0.6) is 0 Å². The molecule has 0 unspecified atom stereocenters. The van der Waals surface area contributed by atoms with Crippen LogP contribution < -0.4 is 0 Å². The van der Waals surface area contributed by atoms with E-state index < -0.39 is 0 Å². The molecule has 0 radical (unpaired) electrons. The fraction of sp³-hybridized carbons (Fsp3) is 0.571. The Morgan fingerprint density at radius 3 is 2.36 bits per heavy atom. The first kappa shape index (κ1) is 16.6. The molecule has 22 heavy (non-hydrogen) atoms. The van der Waals surface area contributed by atoms with E-state index in [2.05, 4.69) is 43.0 Å². The van der Waals surface area contributed by atoms with Gasteiger partial charge >= 0.3 is 0 Å². The highest BCUT2D eigenvalue weighted by atomic mass is 14.3. The molecule has 1 aliphatic rings. The molecule has 2 rings (SSSR count). The van der Waals surface area contributed by atoms with Crippen LogP contribution in [0.1, 0.15) is 81.8 Å². The first-order valence-electron chi connectivity index (χ1n) is 8.83. The predicted octanol–water partition coefficient (Wildman–Crippen LogP) is 5.81. The van der Waals surface area contributed by atoms with Gasteiger partial charge in [-0.25, -0.2) is 0 Å². The van der Waals surface area contributed by atoms with Crippen molar-refractivity contribution in [3.63, 3.8) is 0 Å². The van der Waals surface area contributed by atoms with Crippen molar-refractivity contribution in [2.24, 2.45) is 5.92 Å². The lowest BCUT2D eigenvalue weighted by Gasteiger charge is -2.29. The number of hydrogen-bond donors (Lipinski definition) is 0. The fourth-order valence-electron chi connectivity index (χ4n) is 3.58. The van der Waals surface area contributed by atoms with E-state index in [0.717, 1.165) is 17.4 Å². The van der Waals surface area contributed by atoms with Crippen LogP contribution in [0.2, 0.25) is 0 Å². The first-order valence-corrected chi connectivity index (χ1v) is 8.83. The molecule has 0 spiro atoms. The van der Waals surface area contributed by atoms with Crippen molar-refractivity contribution < 1.29 is 0 Å². The van der Waals surface area contributed by atoms with Gasteiger partial charge in [-0.15, -0.1) is 0 Å². The third kappa shape index (κ3) is 5.23. The monoisotopic (exact) mass is 293 g/mol. The van der Waals surface area contributed by atoms with E-state index in [9.17, 15) is 0 Å². The number of rotatable bonds is 6. The normalized spacial score (nSPS) is 20.7. The first-order chi connectivity index (χ1) is 10.8. The van der Waals surface area contributed by atoms with E-state index >= 15 is 0 Å². The van der Waals surface area contributed by atoms with Crippen LogP contribution in [0.3, 0.4) is 0 Å². The lowest BCUT2D eigenvalue weighted by molar-refractivity contribution is 0.302. The summed E-state index contributed by atoms with van der Waals surface area (Å²) in [4.78, 5) is 0. The maximum absolute atomic E-state index is 8.48. The van der Waals surface area contributed by atoms with Crippen molar-refractivity contribution in [2.45, 2.75) is 70.6 Å². The summed E-state index contributed by atoms with van der Waals surface area (Å²) in [6.07, 6.45) is 12.5. The average Bonchev–Trinajstić information content (AvgIpc) is 2.58. The molecule has 0 aromatic heterocycles. The standard InChI is InChI=1S/C21H27N/c1-2-3-4-5-7-18-9-13-20(14-10-18)21-15-11-19(12-16-21)8-6-17-22/h11-12,15-16,18,20H,2-5,7,9-10,13-14H2,1H3. The maximum atomic E-state index is 8.48. The van der Waals surface area contributed by atoms with Gasteiger partial charge in [-0.3, -0.25) is 0 Å². The highest BCUT2D eigenvalue weighted by Gasteiger charge is 2.21. The summed E-state index contributed by atoms with van der Waals surface area (Å²) >= 11 is 0. The minimum Gasteiger partial charge on any atom is -0.183 e. The van der Waals surface area contributed by atoms with Crippen molar-refractivity contribution in [1.29, 1.82) is 5.26 Å². The molecule has 0 saturated heterocycles. The van der Waals surface area contributed by atoms with E-state index in [4.69, 9.17) is 5.26 Å². The Morgan fingerprint density at radius 1 is 1.00 bits per heavy atom. The Kier molecular flexibility index (Phi) is 7.05. The number of benzene rings is 1. The van der Waals surface area contributed by atoms with Gasteiger partial charge in [0.1, 0.15) is 0 Å². The zero-order valence-corrected chi connectivity index (χ0v) is 13.8. The summed E-state index contributed by atoms with van der Waals surface area (Å²) in [5.41, 5.74) is 2.39. The van der Waals surface area contributed by atoms with Crippen LogP contribution in [0.25, 0.3) is 0 Å². The fourth-order valence-corrected chi connectivity index (χ4v) is 3.58. The third-order valence-electron chi connectivity index (χ3n) is 4.96. The summed E-state index contributed by atoms with van der Waals surface area (Å²) < 4.78 is 0. The number of hydrogen-bond acceptors (Lipinski definition) is 1. The molecule has 0 amide bonds. The predicted molar refractivity (Wildman–Crippen MR) is 92.4 cm³/mol. The molecule has 0 heterocycles. The minimum atomic E-state index is 0.727. The molecule has 0 bridgehead atoms. The van der Waals surface area contributed by atoms with Crippen molar-refractivity contribution in [1.82, 2.24) is 0 Å². The van der Waals surface area contributed by atoms with E-state index in [1.54, 1.807) is 0 Å². The number of nitrogens with zero attached hydrogens (tertiary/aromatic N) is 1. The van der Waals surface area contributed by atoms with E-state index in [1.807, 2.05) is 6.07 Å². The molecular formula is C21H27N. The number of nitriles is 1. The zero-order valence-electron chi connectivity index (χ0n) is 13.8.